The van der Waals surface area contributed by atoms with Crippen molar-refractivity contribution in [1.29, 1.82) is 0 Å². The Labute approximate surface area is 201 Å². The summed E-state index contributed by atoms with van der Waals surface area (Å²) in [6, 6.07) is 17.7. The number of thiazole rings is 1. The summed E-state index contributed by atoms with van der Waals surface area (Å²) in [6.45, 7) is 3.52. The van der Waals surface area contributed by atoms with Gasteiger partial charge in [0.15, 0.2) is 10.9 Å². The first-order valence-electron chi connectivity index (χ1n) is 10.9. The van der Waals surface area contributed by atoms with Gasteiger partial charge in [-0.25, -0.2) is 9.78 Å². The van der Waals surface area contributed by atoms with Crippen molar-refractivity contribution < 1.29 is 19.1 Å². The Morgan fingerprint density at radius 3 is 2.44 bits per heavy atom. The molecule has 0 aliphatic carbocycles. The fourth-order valence-electron chi connectivity index (χ4n) is 3.96. The van der Waals surface area contributed by atoms with Gasteiger partial charge in [-0.1, -0.05) is 53.8 Å². The van der Waals surface area contributed by atoms with Crippen molar-refractivity contribution in [2.24, 2.45) is 0 Å². The van der Waals surface area contributed by atoms with Crippen LogP contribution in [-0.4, -0.2) is 41.3 Å². The molecule has 0 aliphatic rings. The van der Waals surface area contributed by atoms with Crippen LogP contribution in [0.3, 0.4) is 0 Å². The molecule has 0 aliphatic heterocycles. The number of nitrogens with one attached hydrogen (secondary N) is 1. The third-order valence-electron chi connectivity index (χ3n) is 5.68. The van der Waals surface area contributed by atoms with Crippen molar-refractivity contribution in [3.63, 3.8) is 0 Å². The minimum Gasteiger partial charge on any atom is -0.465 e. The highest BCUT2D eigenvalue weighted by atomic mass is 32.1. The SMILES string of the molecule is COC(=O)c1c(CC(=O)N(CCc2ccccc2)c2nc3ccccc3s2)[nH]c(C(C)=O)c1C. The van der Waals surface area contributed by atoms with Crippen LogP contribution in [-0.2, 0) is 22.4 Å². The van der Waals surface area contributed by atoms with E-state index in [4.69, 9.17) is 4.74 Å². The second kappa shape index (κ2) is 10.0. The molecule has 0 spiro atoms. The molecule has 4 rings (SSSR count). The molecule has 174 valence electrons. The fourth-order valence-corrected chi connectivity index (χ4v) is 4.97. The molecule has 0 unspecified atom stereocenters. The Kier molecular flexibility index (Phi) is 6.88. The number of nitrogens with zero attached hydrogens (tertiary/aromatic N) is 2. The molecule has 0 bridgehead atoms. The number of ketones is 1. The first kappa shape index (κ1) is 23.4. The lowest BCUT2D eigenvalue weighted by Crippen LogP contribution is -2.34. The zero-order chi connectivity index (χ0) is 24.2. The van der Waals surface area contributed by atoms with Gasteiger partial charge in [0, 0.05) is 19.2 Å². The number of carbonyl (C=O) groups is 3. The van der Waals surface area contributed by atoms with Gasteiger partial charge in [-0.2, -0.15) is 0 Å². The number of H-pyrrole nitrogens is 1. The Morgan fingerprint density at radius 2 is 1.76 bits per heavy atom. The number of rotatable bonds is 8. The van der Waals surface area contributed by atoms with Gasteiger partial charge < -0.3 is 9.72 Å². The van der Waals surface area contributed by atoms with Gasteiger partial charge in [-0.05, 0) is 36.6 Å². The number of esters is 1. The van der Waals surface area contributed by atoms with E-state index in [0.29, 0.717) is 35.0 Å². The van der Waals surface area contributed by atoms with Gasteiger partial charge >= 0.3 is 5.97 Å². The monoisotopic (exact) mass is 475 g/mol. The third kappa shape index (κ3) is 4.77. The molecule has 2 aromatic heterocycles. The van der Waals surface area contributed by atoms with E-state index in [1.54, 1.807) is 11.8 Å². The highest BCUT2D eigenvalue weighted by molar-refractivity contribution is 7.22. The number of para-hydroxylation sites is 1. The standard InChI is InChI=1S/C26H25N3O4S/c1-16-23(25(32)33-3)20(27-24(16)17(2)30)15-22(31)29(14-13-18-9-5-4-6-10-18)26-28-19-11-7-8-12-21(19)34-26/h4-12,27H,13-15H2,1-3H3. The molecule has 0 saturated heterocycles. The molecule has 0 radical (unpaired) electrons. The summed E-state index contributed by atoms with van der Waals surface area (Å²) in [5.74, 6) is -1.02. The summed E-state index contributed by atoms with van der Waals surface area (Å²) in [7, 11) is 1.28. The van der Waals surface area contributed by atoms with E-state index >= 15 is 0 Å². The molecule has 4 aromatic rings. The van der Waals surface area contributed by atoms with Crippen molar-refractivity contribution >= 4 is 44.3 Å². The van der Waals surface area contributed by atoms with E-state index in [2.05, 4.69) is 9.97 Å². The molecule has 0 saturated carbocycles. The zero-order valence-electron chi connectivity index (χ0n) is 19.3. The average molecular weight is 476 g/mol. The maximum atomic E-state index is 13.6. The second-order valence-corrected chi connectivity index (χ2v) is 8.96. The van der Waals surface area contributed by atoms with Crippen LogP contribution >= 0.6 is 11.3 Å². The predicted octanol–water partition coefficient (Wildman–Crippen LogP) is 4.74. The van der Waals surface area contributed by atoms with E-state index < -0.39 is 5.97 Å². The van der Waals surface area contributed by atoms with Gasteiger partial charge in [0.05, 0.1) is 35.0 Å². The Morgan fingerprint density at radius 1 is 1.06 bits per heavy atom. The third-order valence-corrected chi connectivity index (χ3v) is 6.74. The number of ether oxygens (including phenoxy) is 1. The highest BCUT2D eigenvalue weighted by Gasteiger charge is 2.27. The smallest absolute Gasteiger partial charge is 0.339 e. The first-order chi connectivity index (χ1) is 16.4. The Bertz CT molecular complexity index is 1320. The number of aromatic amines is 1. The van der Waals surface area contributed by atoms with E-state index in [9.17, 15) is 14.4 Å². The average Bonchev–Trinajstić information content (AvgIpc) is 3.40. The van der Waals surface area contributed by atoms with Crippen LogP contribution in [0.25, 0.3) is 10.2 Å². The maximum Gasteiger partial charge on any atom is 0.339 e. The molecule has 7 nitrogen and oxygen atoms in total. The minimum absolute atomic E-state index is 0.0940. The molecular weight excluding hydrogens is 450 g/mol. The summed E-state index contributed by atoms with van der Waals surface area (Å²) in [6.07, 6.45) is 0.554. The molecular formula is C26H25N3O4S. The van der Waals surface area contributed by atoms with Crippen LogP contribution < -0.4 is 4.90 Å². The van der Waals surface area contributed by atoms with Crippen LogP contribution in [0.4, 0.5) is 5.13 Å². The van der Waals surface area contributed by atoms with E-state index in [-0.39, 0.29) is 23.7 Å². The van der Waals surface area contributed by atoms with Gasteiger partial charge in [0.25, 0.3) is 0 Å². The van der Waals surface area contributed by atoms with Gasteiger partial charge in [-0.15, -0.1) is 0 Å². The molecule has 2 aromatic carbocycles. The number of hydrogen-bond acceptors (Lipinski definition) is 6. The van der Waals surface area contributed by atoms with Crippen molar-refractivity contribution in [2.45, 2.75) is 26.7 Å². The fraction of sp³-hybridized carbons (Fsp3) is 0.231. The summed E-state index contributed by atoms with van der Waals surface area (Å²) in [4.78, 5) is 47.4. The number of Topliss-reactive ketones (excluding diaryl/α,β-unsaturated/α-hetero) is 1. The lowest BCUT2D eigenvalue weighted by Gasteiger charge is -2.20. The lowest BCUT2D eigenvalue weighted by atomic mass is 10.1. The first-order valence-corrected chi connectivity index (χ1v) is 11.7. The topological polar surface area (TPSA) is 92.4 Å². The summed E-state index contributed by atoms with van der Waals surface area (Å²) < 4.78 is 5.90. The molecule has 0 fully saturated rings. The quantitative estimate of drug-likeness (QED) is 0.294. The minimum atomic E-state index is -0.583. The molecule has 1 N–H and O–H groups in total. The normalized spacial score (nSPS) is 10.9. The van der Waals surface area contributed by atoms with Gasteiger partial charge in [-0.3, -0.25) is 14.5 Å². The molecule has 2 heterocycles. The van der Waals surface area contributed by atoms with Crippen LogP contribution in [0.2, 0.25) is 0 Å². The molecule has 0 atom stereocenters. The molecule has 34 heavy (non-hydrogen) atoms. The van der Waals surface area contributed by atoms with Crippen molar-refractivity contribution in [2.75, 3.05) is 18.6 Å². The number of hydrogen-bond donors (Lipinski definition) is 1. The number of benzene rings is 2. The maximum absolute atomic E-state index is 13.6. The molecule has 8 heteroatoms. The van der Waals surface area contributed by atoms with Crippen LogP contribution in [0.1, 0.15) is 44.6 Å². The second-order valence-electron chi connectivity index (χ2n) is 7.95. The number of fused-ring (bicyclic) bond motifs is 1. The number of anilines is 1. The van der Waals surface area contributed by atoms with E-state index in [1.165, 1.54) is 25.4 Å². The highest BCUT2D eigenvalue weighted by Crippen LogP contribution is 2.30. The summed E-state index contributed by atoms with van der Waals surface area (Å²) in [5, 5.41) is 0.594. The summed E-state index contributed by atoms with van der Waals surface area (Å²) in [5.41, 5.74) is 3.31. The lowest BCUT2D eigenvalue weighted by molar-refractivity contribution is -0.118. The van der Waals surface area contributed by atoms with Crippen molar-refractivity contribution in [3.05, 3.63) is 82.7 Å². The van der Waals surface area contributed by atoms with Gasteiger partial charge in [0.2, 0.25) is 5.91 Å². The predicted molar refractivity (Wildman–Crippen MR) is 133 cm³/mol. The number of amides is 1. The summed E-state index contributed by atoms with van der Waals surface area (Å²) >= 11 is 1.45. The largest absolute Gasteiger partial charge is 0.465 e. The van der Waals surface area contributed by atoms with Crippen molar-refractivity contribution in [1.82, 2.24) is 9.97 Å². The molecule has 1 amide bonds. The van der Waals surface area contributed by atoms with Crippen LogP contribution in [0.15, 0.2) is 54.6 Å². The number of carbonyl (C=O) groups excluding carboxylic acids is 3. The van der Waals surface area contributed by atoms with Crippen LogP contribution in [0, 0.1) is 6.92 Å². The van der Waals surface area contributed by atoms with E-state index in [1.807, 2.05) is 54.6 Å². The number of aromatic nitrogens is 2. The van der Waals surface area contributed by atoms with Crippen LogP contribution in [0.5, 0.6) is 0 Å². The van der Waals surface area contributed by atoms with Gasteiger partial charge in [0.1, 0.15) is 0 Å². The Hall–Kier alpha value is -3.78. The zero-order valence-corrected chi connectivity index (χ0v) is 20.1. The Balaban J connectivity index is 1.68. The number of methoxy groups -OCH3 is 1. The van der Waals surface area contributed by atoms with Crippen molar-refractivity contribution in [3.8, 4) is 0 Å². The van der Waals surface area contributed by atoms with E-state index in [0.717, 1.165) is 15.8 Å².